The number of nitrogens with one attached hydrogen (secondary N) is 1. The molecule has 0 aliphatic carbocycles. The smallest absolute Gasteiger partial charge is 0.331 e. The number of anilines is 1. The Morgan fingerprint density at radius 3 is 2.29 bits per heavy atom. The molecule has 0 spiro atoms. The molecule has 0 atom stereocenters. The number of alkyl halides is 3. The third-order valence-electron chi connectivity index (χ3n) is 6.36. The maximum atomic E-state index is 14.3. The van der Waals surface area contributed by atoms with Crippen LogP contribution in [0.3, 0.4) is 0 Å². The van der Waals surface area contributed by atoms with Crippen molar-refractivity contribution >= 4 is 28.0 Å². The highest BCUT2D eigenvalue weighted by molar-refractivity contribution is 6.08. The van der Waals surface area contributed by atoms with Crippen LogP contribution < -0.4 is 5.54 Å². The number of hydrogen-bond acceptors (Lipinski definition) is 4. The van der Waals surface area contributed by atoms with Gasteiger partial charge in [0.15, 0.2) is 23.3 Å². The molecule has 5 aromatic rings. The average molecular weight is 535 g/mol. The summed E-state index contributed by atoms with van der Waals surface area (Å²) in [5.41, 5.74) is -1.56. The number of ketones is 1. The number of carbonyl (C=O) groups is 1. The van der Waals surface area contributed by atoms with Crippen LogP contribution in [0.15, 0.2) is 36.5 Å². The first kappa shape index (κ1) is 25.2. The first-order valence-corrected chi connectivity index (χ1v) is 11.0. The molecule has 196 valence electrons. The highest BCUT2D eigenvalue weighted by Crippen LogP contribution is 2.46. The summed E-state index contributed by atoms with van der Waals surface area (Å²) in [5, 5.41) is 0. The van der Waals surface area contributed by atoms with Crippen LogP contribution in [-0.2, 0) is 13.2 Å². The number of halogens is 7. The number of pyridine rings is 1. The second-order valence-electron chi connectivity index (χ2n) is 8.60. The number of aromatic nitrogens is 4. The molecule has 0 amide bonds. The second kappa shape index (κ2) is 8.57. The molecular formula is C25H16F7N5O. The fraction of sp³-hybridized carbons (Fsp3) is 0.160. The highest BCUT2D eigenvalue weighted by Gasteiger charge is 2.38. The summed E-state index contributed by atoms with van der Waals surface area (Å²) in [5.74, 6) is -6.04. The normalized spacial score (nSPS) is 12.1. The monoisotopic (exact) mass is 535 g/mol. The molecule has 5 rings (SSSR count). The highest BCUT2D eigenvalue weighted by atomic mass is 19.4. The fourth-order valence-corrected chi connectivity index (χ4v) is 4.53. The van der Waals surface area contributed by atoms with Crippen LogP contribution in [-0.4, -0.2) is 24.7 Å². The van der Waals surface area contributed by atoms with Gasteiger partial charge in [0.05, 0.1) is 22.3 Å². The van der Waals surface area contributed by atoms with E-state index in [2.05, 4.69) is 9.97 Å². The molecular weight excluding hydrogens is 519 g/mol. The number of carbonyl (C=O) groups excluding carboxylic acids is 1. The fourth-order valence-electron chi connectivity index (χ4n) is 4.53. The van der Waals surface area contributed by atoms with Crippen LogP contribution in [0, 0.1) is 31.3 Å². The molecule has 1 N–H and O–H groups in total. The van der Waals surface area contributed by atoms with Gasteiger partial charge in [0, 0.05) is 29.9 Å². The van der Waals surface area contributed by atoms with Crippen molar-refractivity contribution in [3.63, 3.8) is 0 Å². The molecule has 0 saturated heterocycles. The molecule has 0 bridgehead atoms. The van der Waals surface area contributed by atoms with E-state index in [1.807, 2.05) is 0 Å². The lowest BCUT2D eigenvalue weighted by atomic mass is 9.95. The van der Waals surface area contributed by atoms with Crippen LogP contribution in [0.2, 0.25) is 0 Å². The van der Waals surface area contributed by atoms with Gasteiger partial charge in [0.25, 0.3) is 0 Å². The zero-order valence-corrected chi connectivity index (χ0v) is 19.8. The van der Waals surface area contributed by atoms with Crippen molar-refractivity contribution in [2.24, 2.45) is 7.05 Å². The number of benzene rings is 2. The van der Waals surface area contributed by atoms with Crippen molar-refractivity contribution in [3.8, 4) is 11.1 Å². The number of aryl methyl sites for hydroxylation is 3. The molecule has 38 heavy (non-hydrogen) atoms. The van der Waals surface area contributed by atoms with Crippen molar-refractivity contribution in [2.45, 2.75) is 20.0 Å². The lowest BCUT2D eigenvalue weighted by Crippen LogP contribution is -2.11. The van der Waals surface area contributed by atoms with Gasteiger partial charge in [0.1, 0.15) is 17.0 Å². The SMILES string of the molecule is Cc1nc(C(=O)c2cc(F)c(F)c(F)c2)n2cccc(-c3c(C(F)(F)F)cc4c(nc(C)n4C)c3NF)c12. The summed E-state index contributed by atoms with van der Waals surface area (Å²) in [4.78, 5) is 21.4. The minimum absolute atomic E-state index is 0.00732. The van der Waals surface area contributed by atoms with Crippen LogP contribution in [0.1, 0.15) is 33.3 Å². The Bertz CT molecular complexity index is 1760. The van der Waals surface area contributed by atoms with E-state index in [1.54, 1.807) is 6.92 Å². The van der Waals surface area contributed by atoms with E-state index in [-0.39, 0.29) is 27.8 Å². The number of hydrogen-bond donors (Lipinski definition) is 1. The first-order valence-electron chi connectivity index (χ1n) is 11.0. The lowest BCUT2D eigenvalue weighted by molar-refractivity contribution is -0.137. The Labute approximate surface area is 209 Å². The van der Waals surface area contributed by atoms with E-state index in [9.17, 15) is 35.6 Å². The van der Waals surface area contributed by atoms with Gasteiger partial charge in [-0.1, -0.05) is 6.07 Å². The van der Waals surface area contributed by atoms with Crippen LogP contribution >= 0.6 is 0 Å². The third-order valence-corrected chi connectivity index (χ3v) is 6.36. The maximum absolute atomic E-state index is 14.3. The van der Waals surface area contributed by atoms with Gasteiger partial charge >= 0.3 is 6.18 Å². The van der Waals surface area contributed by atoms with Crippen molar-refractivity contribution in [1.29, 1.82) is 0 Å². The topological polar surface area (TPSA) is 64.2 Å². The molecule has 2 aromatic carbocycles. The van der Waals surface area contributed by atoms with Gasteiger partial charge in [-0.2, -0.15) is 13.2 Å². The minimum atomic E-state index is -4.92. The number of imidazole rings is 2. The van der Waals surface area contributed by atoms with E-state index in [0.717, 1.165) is 10.5 Å². The lowest BCUT2D eigenvalue weighted by Gasteiger charge is -2.18. The molecule has 0 fully saturated rings. The maximum Gasteiger partial charge on any atom is 0.417 e. The predicted molar refractivity (Wildman–Crippen MR) is 124 cm³/mol. The summed E-state index contributed by atoms with van der Waals surface area (Å²) in [6, 6.07) is 4.44. The largest absolute Gasteiger partial charge is 0.417 e. The number of nitrogens with zero attached hydrogens (tertiary/aromatic N) is 4. The van der Waals surface area contributed by atoms with Crippen molar-refractivity contribution in [1.82, 2.24) is 18.9 Å². The summed E-state index contributed by atoms with van der Waals surface area (Å²) in [7, 11) is 1.49. The Balaban J connectivity index is 1.83. The molecule has 6 nitrogen and oxygen atoms in total. The van der Waals surface area contributed by atoms with E-state index < -0.39 is 57.6 Å². The quantitative estimate of drug-likeness (QED) is 0.124. The molecule has 0 aliphatic rings. The standard InChI is InChI=1S/C25H16F7N5O/c1-10-22-13(18-14(25(29,30)31)9-17-20(21(18)35-32)34-11(2)36(17)3)5-4-6-37(22)24(33-10)23(38)12-7-15(26)19(28)16(27)8-12/h4-9,35H,1-3H3. The van der Waals surface area contributed by atoms with Gasteiger partial charge in [0.2, 0.25) is 5.78 Å². The van der Waals surface area contributed by atoms with Crippen LogP contribution in [0.4, 0.5) is 36.5 Å². The van der Waals surface area contributed by atoms with Gasteiger partial charge in [-0.05, 0) is 38.1 Å². The number of fused-ring (bicyclic) bond motifs is 2. The molecule has 13 heteroatoms. The van der Waals surface area contributed by atoms with Gasteiger partial charge < -0.3 is 4.57 Å². The minimum Gasteiger partial charge on any atom is -0.331 e. The van der Waals surface area contributed by atoms with Crippen LogP contribution in [0.25, 0.3) is 27.7 Å². The second-order valence-corrected chi connectivity index (χ2v) is 8.60. The van der Waals surface area contributed by atoms with Crippen molar-refractivity contribution in [2.75, 3.05) is 5.54 Å². The summed E-state index contributed by atoms with van der Waals surface area (Å²) >= 11 is 0. The van der Waals surface area contributed by atoms with Crippen LogP contribution in [0.5, 0.6) is 0 Å². The van der Waals surface area contributed by atoms with E-state index in [4.69, 9.17) is 0 Å². The molecule has 3 heterocycles. The zero-order valence-electron chi connectivity index (χ0n) is 19.8. The van der Waals surface area contributed by atoms with Gasteiger partial charge in [-0.15, -0.1) is 4.48 Å². The number of rotatable bonds is 4. The van der Waals surface area contributed by atoms with E-state index in [1.165, 1.54) is 42.4 Å². The summed E-state index contributed by atoms with van der Waals surface area (Å²) in [6.45, 7) is 2.95. The molecule has 3 aromatic heterocycles. The van der Waals surface area contributed by atoms with Crippen molar-refractivity contribution in [3.05, 3.63) is 82.4 Å². The summed E-state index contributed by atoms with van der Waals surface area (Å²) < 4.78 is 101. The molecule has 0 saturated carbocycles. The molecule has 0 unspecified atom stereocenters. The van der Waals surface area contributed by atoms with E-state index >= 15 is 0 Å². The molecule has 0 radical (unpaired) electrons. The Morgan fingerprint density at radius 1 is 1.03 bits per heavy atom. The molecule has 0 aliphatic heterocycles. The average Bonchev–Trinajstić information content (AvgIpc) is 3.35. The summed E-state index contributed by atoms with van der Waals surface area (Å²) in [6.07, 6.45) is -3.61. The Morgan fingerprint density at radius 2 is 1.68 bits per heavy atom. The first-order chi connectivity index (χ1) is 17.8. The van der Waals surface area contributed by atoms with Crippen molar-refractivity contribution < 1.29 is 35.6 Å². The Hall–Kier alpha value is -4.42. The Kier molecular flexibility index (Phi) is 5.69. The third kappa shape index (κ3) is 3.68. The predicted octanol–water partition coefficient (Wildman–Crippen LogP) is 6.47. The van der Waals surface area contributed by atoms with E-state index in [0.29, 0.717) is 18.0 Å². The van der Waals surface area contributed by atoms with Gasteiger partial charge in [-0.25, -0.2) is 28.7 Å². The van der Waals surface area contributed by atoms with Gasteiger partial charge in [-0.3, -0.25) is 9.20 Å². The zero-order chi connectivity index (χ0) is 27.7.